The zero-order chi connectivity index (χ0) is 25.8. The molecule has 0 unspecified atom stereocenters. The van der Waals surface area contributed by atoms with Gasteiger partial charge in [-0.05, 0) is 26.3 Å². The first-order valence-electron chi connectivity index (χ1n) is 11.6. The molecule has 3 heterocycles. The maximum absolute atomic E-state index is 11.5. The number of aromatic nitrogens is 5. The van der Waals surface area contributed by atoms with Gasteiger partial charge in [-0.1, -0.05) is 59.3 Å². The SMILES string of the molecule is C/C=C/CN(C=O)/N=c1/c(-n2ccnc2)c(-c2ccc(C)cc2)cnn1C.C/C=C\Cc1ccno1. The highest BCUT2D eigenvalue weighted by Crippen LogP contribution is 2.23. The zero-order valence-corrected chi connectivity index (χ0v) is 21.0. The summed E-state index contributed by atoms with van der Waals surface area (Å²) in [7, 11) is 1.80. The quantitative estimate of drug-likeness (QED) is 0.212. The predicted molar refractivity (Wildman–Crippen MR) is 139 cm³/mol. The fourth-order valence-corrected chi connectivity index (χ4v) is 3.26. The fourth-order valence-electron chi connectivity index (χ4n) is 3.26. The van der Waals surface area contributed by atoms with Crippen LogP contribution < -0.4 is 5.49 Å². The largest absolute Gasteiger partial charge is 0.361 e. The van der Waals surface area contributed by atoms with Crippen molar-refractivity contribution in [2.75, 3.05) is 6.54 Å². The molecule has 186 valence electrons. The highest BCUT2D eigenvalue weighted by molar-refractivity contribution is 5.71. The van der Waals surface area contributed by atoms with E-state index in [1.807, 2.05) is 74.0 Å². The van der Waals surface area contributed by atoms with Crippen LogP contribution in [0.15, 0.2) is 95.4 Å². The molecule has 36 heavy (non-hydrogen) atoms. The Labute approximate surface area is 210 Å². The van der Waals surface area contributed by atoms with Crippen molar-refractivity contribution in [3.05, 3.63) is 103 Å². The smallest absolute Gasteiger partial charge is 0.230 e. The van der Waals surface area contributed by atoms with Gasteiger partial charge in [0.15, 0.2) is 5.49 Å². The second kappa shape index (κ2) is 13.4. The summed E-state index contributed by atoms with van der Waals surface area (Å²) in [4.78, 5) is 15.6. The number of hydrogen-bond donors (Lipinski definition) is 0. The molecule has 0 saturated heterocycles. The van der Waals surface area contributed by atoms with Crippen LogP contribution in [0, 0.1) is 6.92 Å². The minimum absolute atomic E-state index is 0.387. The normalized spacial score (nSPS) is 11.6. The molecule has 0 atom stereocenters. The average Bonchev–Trinajstić information content (AvgIpc) is 3.62. The summed E-state index contributed by atoms with van der Waals surface area (Å²) in [6, 6.07) is 10.1. The molecule has 0 radical (unpaired) electrons. The van der Waals surface area contributed by atoms with E-state index in [1.54, 1.807) is 36.6 Å². The Balaban J connectivity index is 0.000000338. The van der Waals surface area contributed by atoms with Crippen LogP contribution in [-0.4, -0.2) is 42.5 Å². The van der Waals surface area contributed by atoms with Crippen LogP contribution in [0.2, 0.25) is 0 Å². The Morgan fingerprint density at radius 1 is 1.08 bits per heavy atom. The van der Waals surface area contributed by atoms with Gasteiger partial charge in [-0.3, -0.25) is 4.79 Å². The standard InChI is InChI=1S/C20H22N6O.C7H9NO/c1-4-5-11-26(15-27)23-20-19(25-12-10-21-14-25)18(13-22-24(20)3)17-8-6-16(2)7-9-17;1-2-3-4-7-5-6-8-9-7/h4-10,12-15H,11H2,1-3H3;2-3,5-6H,4H2,1H3/b5-4+,23-20-;3-2-. The van der Waals surface area contributed by atoms with Crippen molar-refractivity contribution in [2.45, 2.75) is 27.2 Å². The van der Waals surface area contributed by atoms with Crippen LogP contribution in [0.1, 0.15) is 25.2 Å². The molecule has 0 bridgehead atoms. The molecule has 3 aromatic heterocycles. The van der Waals surface area contributed by atoms with Crippen LogP contribution in [-0.2, 0) is 18.3 Å². The minimum atomic E-state index is 0.387. The van der Waals surface area contributed by atoms with E-state index in [0.717, 1.165) is 29.0 Å². The van der Waals surface area contributed by atoms with E-state index < -0.39 is 0 Å². The first kappa shape index (κ1) is 26.1. The van der Waals surface area contributed by atoms with E-state index in [4.69, 9.17) is 4.52 Å². The van der Waals surface area contributed by atoms with Gasteiger partial charge in [-0.2, -0.15) is 5.10 Å². The van der Waals surface area contributed by atoms with Gasteiger partial charge in [0.05, 0.1) is 25.3 Å². The topological polar surface area (TPSA) is 94.3 Å². The van der Waals surface area contributed by atoms with Crippen molar-refractivity contribution in [2.24, 2.45) is 12.1 Å². The van der Waals surface area contributed by atoms with Gasteiger partial charge in [-0.15, -0.1) is 5.10 Å². The van der Waals surface area contributed by atoms with Crippen LogP contribution in [0.5, 0.6) is 0 Å². The first-order valence-corrected chi connectivity index (χ1v) is 11.6. The molecule has 0 spiro atoms. The fraction of sp³-hybridized carbons (Fsp3) is 0.222. The lowest BCUT2D eigenvalue weighted by Gasteiger charge is -2.15. The van der Waals surface area contributed by atoms with E-state index in [2.05, 4.69) is 32.5 Å². The van der Waals surface area contributed by atoms with Crippen molar-refractivity contribution in [3.8, 4) is 16.8 Å². The molecular weight excluding hydrogens is 454 g/mol. The second-order valence-corrected chi connectivity index (χ2v) is 7.84. The molecule has 1 aromatic carbocycles. The monoisotopic (exact) mass is 485 g/mol. The van der Waals surface area contributed by atoms with Gasteiger partial charge < -0.3 is 9.09 Å². The highest BCUT2D eigenvalue weighted by Gasteiger charge is 2.13. The zero-order valence-electron chi connectivity index (χ0n) is 21.0. The lowest BCUT2D eigenvalue weighted by atomic mass is 10.0. The summed E-state index contributed by atoms with van der Waals surface area (Å²) in [6.07, 6.45) is 18.0. The number of carbonyl (C=O) groups is 1. The number of imidazole rings is 1. The third-order valence-corrected chi connectivity index (χ3v) is 5.18. The van der Waals surface area contributed by atoms with Crippen LogP contribution in [0.4, 0.5) is 0 Å². The van der Waals surface area contributed by atoms with Crippen molar-refractivity contribution < 1.29 is 9.32 Å². The lowest BCUT2D eigenvalue weighted by Crippen LogP contribution is -2.31. The number of carbonyl (C=O) groups excluding carboxylic acids is 1. The molecule has 0 fully saturated rings. The van der Waals surface area contributed by atoms with Crippen molar-refractivity contribution >= 4 is 6.41 Å². The third-order valence-electron chi connectivity index (χ3n) is 5.18. The molecular formula is C27H31N7O2. The van der Waals surface area contributed by atoms with E-state index in [0.29, 0.717) is 18.4 Å². The van der Waals surface area contributed by atoms with Gasteiger partial charge in [0, 0.05) is 37.5 Å². The molecule has 0 aliphatic heterocycles. The molecule has 0 aliphatic rings. The van der Waals surface area contributed by atoms with E-state index in [1.165, 1.54) is 10.6 Å². The summed E-state index contributed by atoms with van der Waals surface area (Å²) in [6.45, 7) is 6.32. The van der Waals surface area contributed by atoms with E-state index in [-0.39, 0.29) is 0 Å². The highest BCUT2D eigenvalue weighted by atomic mass is 16.5. The van der Waals surface area contributed by atoms with Gasteiger partial charge in [0.25, 0.3) is 0 Å². The van der Waals surface area contributed by atoms with Gasteiger partial charge in [0.1, 0.15) is 11.4 Å². The van der Waals surface area contributed by atoms with Gasteiger partial charge >= 0.3 is 0 Å². The summed E-state index contributed by atoms with van der Waals surface area (Å²) < 4.78 is 8.37. The maximum atomic E-state index is 11.5. The average molecular weight is 486 g/mol. The Kier molecular flexibility index (Phi) is 9.69. The lowest BCUT2D eigenvalue weighted by molar-refractivity contribution is -0.117. The minimum Gasteiger partial charge on any atom is -0.361 e. The molecule has 1 amide bonds. The summed E-state index contributed by atoms with van der Waals surface area (Å²) in [5.74, 6) is 0.910. The summed E-state index contributed by atoms with van der Waals surface area (Å²) in [5, 5.41) is 13.9. The number of amides is 1. The third kappa shape index (κ3) is 6.99. The van der Waals surface area contributed by atoms with E-state index in [9.17, 15) is 4.79 Å². The molecule has 0 saturated carbocycles. The van der Waals surface area contributed by atoms with Crippen molar-refractivity contribution in [3.63, 3.8) is 0 Å². The number of nitrogens with zero attached hydrogens (tertiary/aromatic N) is 7. The predicted octanol–water partition coefficient (Wildman–Crippen LogP) is 4.22. The maximum Gasteiger partial charge on any atom is 0.230 e. The van der Waals surface area contributed by atoms with Crippen molar-refractivity contribution in [1.82, 2.24) is 29.5 Å². The molecule has 0 N–H and O–H groups in total. The number of rotatable bonds is 8. The number of aryl methyl sites for hydroxylation is 2. The Morgan fingerprint density at radius 2 is 1.86 bits per heavy atom. The number of benzene rings is 1. The molecule has 4 rings (SSSR count). The summed E-state index contributed by atoms with van der Waals surface area (Å²) >= 11 is 0. The Morgan fingerprint density at radius 3 is 2.47 bits per heavy atom. The number of allylic oxidation sites excluding steroid dienone is 3. The molecule has 9 heteroatoms. The second-order valence-electron chi connectivity index (χ2n) is 7.84. The Hall–Kier alpha value is -4.53. The molecule has 9 nitrogen and oxygen atoms in total. The van der Waals surface area contributed by atoms with Crippen LogP contribution >= 0.6 is 0 Å². The Bertz CT molecular complexity index is 1330. The van der Waals surface area contributed by atoms with Crippen molar-refractivity contribution in [1.29, 1.82) is 0 Å². The van der Waals surface area contributed by atoms with Gasteiger partial charge in [0.2, 0.25) is 6.41 Å². The summed E-state index contributed by atoms with van der Waals surface area (Å²) in [5.41, 5.74) is 4.46. The van der Waals surface area contributed by atoms with Gasteiger partial charge in [-0.25, -0.2) is 14.7 Å². The first-order chi connectivity index (χ1) is 17.6. The molecule has 4 aromatic rings. The number of hydrogen-bond acceptors (Lipinski definition) is 6. The van der Waals surface area contributed by atoms with Crippen LogP contribution in [0.3, 0.4) is 0 Å². The van der Waals surface area contributed by atoms with Crippen LogP contribution in [0.25, 0.3) is 16.8 Å². The molecule has 0 aliphatic carbocycles. The van der Waals surface area contributed by atoms with E-state index >= 15 is 0 Å².